The maximum atomic E-state index is 12.3. The summed E-state index contributed by atoms with van der Waals surface area (Å²) in [6.45, 7) is -0.553. The maximum absolute atomic E-state index is 12.3. The van der Waals surface area contributed by atoms with Crippen LogP contribution in [0.3, 0.4) is 0 Å². The van der Waals surface area contributed by atoms with Crippen molar-refractivity contribution in [3.63, 3.8) is 0 Å². The van der Waals surface area contributed by atoms with Gasteiger partial charge in [0.25, 0.3) is 0 Å². The van der Waals surface area contributed by atoms with Crippen LogP contribution in [0.4, 0.5) is 0 Å². The summed E-state index contributed by atoms with van der Waals surface area (Å²) in [6, 6.07) is 0. The van der Waals surface area contributed by atoms with Crippen LogP contribution in [0.2, 0.25) is 0 Å². The van der Waals surface area contributed by atoms with Crippen molar-refractivity contribution in [2.45, 2.75) is 12.0 Å². The average molecular weight is 550 g/mol. The Bertz CT molecular complexity index is 860. The first kappa shape index (κ1) is 31.3. The van der Waals surface area contributed by atoms with Crippen LogP contribution in [0.5, 0.6) is 0 Å². The molecular formula is C10H26N4O14P4. The minimum atomic E-state index is -5.46. The van der Waals surface area contributed by atoms with Crippen molar-refractivity contribution in [1.82, 2.24) is 4.90 Å². The minimum Gasteiger partial charge on any atom is -0.480 e. The van der Waals surface area contributed by atoms with Gasteiger partial charge in [0.1, 0.15) is 18.1 Å². The Morgan fingerprint density at radius 1 is 0.844 bits per heavy atom. The molecule has 0 rings (SSSR count). The lowest BCUT2D eigenvalue weighted by Crippen LogP contribution is -2.63. The Hall–Kier alpha value is -0.700. The van der Waals surface area contributed by atoms with Gasteiger partial charge >= 0.3 is 36.4 Å². The summed E-state index contributed by atoms with van der Waals surface area (Å²) in [7, 11) is -21.3. The van der Waals surface area contributed by atoms with Crippen molar-refractivity contribution in [1.29, 1.82) is 0 Å². The van der Waals surface area contributed by atoms with E-state index in [0.717, 1.165) is 0 Å². The first-order valence-corrected chi connectivity index (χ1v) is 15.4. The first-order valence-electron chi connectivity index (χ1n) is 8.20. The molecule has 0 radical (unpaired) electrons. The smallest absolute Gasteiger partial charge is 0.339 e. The second-order valence-corrected chi connectivity index (χ2v) is 13.4. The highest BCUT2D eigenvalue weighted by Crippen LogP contribution is 2.53. The summed E-state index contributed by atoms with van der Waals surface area (Å²) in [4.78, 5) is 90.7. The lowest BCUT2D eigenvalue weighted by molar-refractivity contribution is -0.153. The molecule has 0 aromatic heterocycles. The topological polar surface area (TPSA) is 335 Å². The number of aliphatic imine (C=N–C) groups is 1. The molecule has 1 unspecified atom stereocenters. The molecule has 0 bridgehead atoms. The Morgan fingerprint density at radius 3 is 1.56 bits per heavy atom. The molecule has 0 aromatic carbocycles. The Morgan fingerprint density at radius 2 is 1.28 bits per heavy atom. The number of hydrogen-bond acceptors (Lipinski definition) is 7. The molecule has 0 spiro atoms. The van der Waals surface area contributed by atoms with Gasteiger partial charge in [-0.15, -0.1) is 0 Å². The van der Waals surface area contributed by atoms with Gasteiger partial charge in [0, 0.05) is 12.5 Å². The van der Waals surface area contributed by atoms with E-state index in [9.17, 15) is 67.3 Å². The van der Waals surface area contributed by atoms with E-state index >= 15 is 0 Å². The number of rotatable bonds is 14. The van der Waals surface area contributed by atoms with Crippen molar-refractivity contribution in [3.8, 4) is 0 Å². The summed E-state index contributed by atoms with van der Waals surface area (Å²) < 4.78 is 46.6. The molecule has 0 fully saturated rings. The largest absolute Gasteiger partial charge is 0.480 e. The normalized spacial score (nSPS) is 16.4. The summed E-state index contributed by atoms with van der Waals surface area (Å²) in [5, 5.41) is 9.90. The quantitative estimate of drug-likeness (QED) is 0.0583. The van der Waals surface area contributed by atoms with Gasteiger partial charge in [0.2, 0.25) is 0 Å². The number of aliphatic carboxylic acids is 1. The second kappa shape index (κ2) is 11.2. The zero-order valence-corrected chi connectivity index (χ0v) is 19.8. The lowest BCUT2D eigenvalue weighted by atomic mass is 9.83. The Balaban J connectivity index is 7.09. The van der Waals surface area contributed by atoms with Gasteiger partial charge in [-0.1, -0.05) is 0 Å². The van der Waals surface area contributed by atoms with Gasteiger partial charge in [-0.25, -0.2) is 0 Å². The molecule has 0 aromatic rings. The lowest BCUT2D eigenvalue weighted by Gasteiger charge is -2.45. The summed E-state index contributed by atoms with van der Waals surface area (Å²) >= 11 is 0. The standard InChI is InChI=1S/C10H26N4O14P4/c11-9(12)13-2-1-7(3-29(17,18)19)10(8(15)16,4-30(20,21)22)14(5-31(23,24)25)6-32(26,27)28/h7H,1-6H2,(H,15,16)(H4,11,12,13)(H2,17,18,19)(H2,20,21,22)(H2,23,24,25)(H2,26,27,28)/t7?,10-/m0/s1. The van der Waals surface area contributed by atoms with Gasteiger partial charge in [0.15, 0.2) is 5.96 Å². The zero-order valence-electron chi connectivity index (χ0n) is 16.2. The molecule has 0 saturated heterocycles. The summed E-state index contributed by atoms with van der Waals surface area (Å²) in [5.74, 6) is -4.85. The number of nitrogens with two attached hydrogens (primary N) is 2. The van der Waals surface area contributed by atoms with Crippen LogP contribution < -0.4 is 11.5 Å². The third kappa shape index (κ3) is 12.0. The average Bonchev–Trinajstić information content (AvgIpc) is 2.45. The van der Waals surface area contributed by atoms with E-state index in [4.69, 9.17) is 11.5 Å². The number of hydrogen-bond donors (Lipinski definition) is 11. The number of nitrogens with zero attached hydrogens (tertiary/aromatic N) is 2. The fraction of sp³-hybridized carbons (Fsp3) is 0.800. The molecule has 22 heteroatoms. The number of carboxylic acids is 1. The first-order chi connectivity index (χ1) is 14.0. The summed E-state index contributed by atoms with van der Waals surface area (Å²) in [6.07, 6.45) is -7.36. The highest BCUT2D eigenvalue weighted by molar-refractivity contribution is 7.53. The molecule has 2 atom stereocenters. The van der Waals surface area contributed by atoms with Crippen LogP contribution in [0, 0.1) is 5.92 Å². The van der Waals surface area contributed by atoms with E-state index in [1.54, 1.807) is 0 Å². The predicted octanol–water partition coefficient (Wildman–Crippen LogP) is -2.98. The highest BCUT2D eigenvalue weighted by atomic mass is 31.2. The Labute approximate surface area is 181 Å². The molecule has 0 aliphatic rings. The van der Waals surface area contributed by atoms with E-state index < -0.39 is 91.6 Å². The highest BCUT2D eigenvalue weighted by Gasteiger charge is 2.57. The van der Waals surface area contributed by atoms with Crippen molar-refractivity contribution < 1.29 is 67.3 Å². The maximum Gasteiger partial charge on any atom is 0.339 e. The zero-order chi connectivity index (χ0) is 25.8. The van der Waals surface area contributed by atoms with Crippen LogP contribution in [0.15, 0.2) is 4.99 Å². The van der Waals surface area contributed by atoms with E-state index in [2.05, 4.69) is 4.99 Å². The summed E-state index contributed by atoms with van der Waals surface area (Å²) in [5.41, 5.74) is 6.98. The van der Waals surface area contributed by atoms with Crippen LogP contribution in [0.25, 0.3) is 0 Å². The molecule has 0 saturated carbocycles. The monoisotopic (exact) mass is 550 g/mol. The molecule has 13 N–H and O–H groups in total. The van der Waals surface area contributed by atoms with Gasteiger partial charge < -0.3 is 55.7 Å². The molecule has 190 valence electrons. The number of carboxylic acid groups (broad SMARTS) is 1. The van der Waals surface area contributed by atoms with E-state index in [0.29, 0.717) is 0 Å². The molecule has 32 heavy (non-hydrogen) atoms. The van der Waals surface area contributed by atoms with Crippen molar-refractivity contribution in [2.24, 2.45) is 22.4 Å². The SMILES string of the molecule is NC(N)=NCCC(CP(=O)(O)O)[C@@](CP(=O)(O)O)(C(=O)O)N(CP(=O)(O)O)CP(=O)(O)O. The second-order valence-electron chi connectivity index (χ2n) is 6.84. The van der Waals surface area contributed by atoms with Crippen molar-refractivity contribution in [2.75, 3.05) is 31.4 Å². The number of guanidine groups is 1. The van der Waals surface area contributed by atoms with Gasteiger partial charge in [-0.3, -0.25) is 32.9 Å². The third-order valence-electron chi connectivity index (χ3n) is 4.00. The fourth-order valence-electron chi connectivity index (χ4n) is 3.04. The molecule has 0 heterocycles. The van der Waals surface area contributed by atoms with Crippen LogP contribution in [-0.2, 0) is 23.1 Å². The van der Waals surface area contributed by atoms with E-state index in [1.807, 2.05) is 0 Å². The number of carbonyl (C=O) groups is 1. The van der Waals surface area contributed by atoms with Crippen molar-refractivity contribution in [3.05, 3.63) is 0 Å². The van der Waals surface area contributed by atoms with E-state index in [-0.39, 0.29) is 4.90 Å². The molecule has 0 amide bonds. The fourth-order valence-corrected chi connectivity index (χ4v) is 7.07. The van der Waals surface area contributed by atoms with Crippen LogP contribution in [0.1, 0.15) is 6.42 Å². The van der Waals surface area contributed by atoms with Gasteiger partial charge in [-0.2, -0.15) is 0 Å². The van der Waals surface area contributed by atoms with Crippen molar-refractivity contribution >= 4 is 42.3 Å². The third-order valence-corrected chi connectivity index (χ3v) is 7.23. The molecular weight excluding hydrogens is 524 g/mol. The minimum absolute atomic E-state index is 0.0776. The van der Waals surface area contributed by atoms with Gasteiger partial charge in [0.05, 0.1) is 12.3 Å². The van der Waals surface area contributed by atoms with Crippen LogP contribution >= 0.6 is 30.4 Å². The molecule has 18 nitrogen and oxygen atoms in total. The predicted molar refractivity (Wildman–Crippen MR) is 109 cm³/mol. The Kier molecular flexibility index (Phi) is 10.9. The molecule has 0 aliphatic heterocycles. The van der Waals surface area contributed by atoms with Gasteiger partial charge in [-0.05, 0) is 6.42 Å². The molecule has 0 aliphatic carbocycles. The van der Waals surface area contributed by atoms with Crippen LogP contribution in [-0.4, -0.2) is 98.1 Å². The van der Waals surface area contributed by atoms with E-state index in [1.165, 1.54) is 0 Å².